The molecule has 0 spiro atoms. The van der Waals surface area contributed by atoms with Crippen molar-refractivity contribution in [2.75, 3.05) is 0 Å². The summed E-state index contributed by atoms with van der Waals surface area (Å²) in [7, 11) is 0. The van der Waals surface area contributed by atoms with Crippen molar-refractivity contribution in [1.29, 1.82) is 0 Å². The highest BCUT2D eigenvalue weighted by Crippen LogP contribution is 2.41. The van der Waals surface area contributed by atoms with E-state index in [1.807, 2.05) is 6.07 Å². The van der Waals surface area contributed by atoms with Gasteiger partial charge in [-0.25, -0.2) is 15.0 Å². The van der Waals surface area contributed by atoms with Gasteiger partial charge in [0, 0.05) is 38.4 Å². The minimum atomic E-state index is 0.607. The molecule has 0 aliphatic rings. The predicted octanol–water partition coefficient (Wildman–Crippen LogP) is 11.9. The molecule has 0 radical (unpaired) electrons. The highest BCUT2D eigenvalue weighted by molar-refractivity contribution is 6.18. The number of benzene rings is 8. The number of nitrogens with zero attached hydrogens (tertiary/aromatic N) is 3. The van der Waals surface area contributed by atoms with Crippen LogP contribution in [0.5, 0.6) is 0 Å². The Bertz CT molecular complexity index is 2890. The van der Waals surface area contributed by atoms with Crippen LogP contribution in [0.25, 0.3) is 99.5 Å². The summed E-state index contributed by atoms with van der Waals surface area (Å²) in [5.74, 6) is 1.87. The fraction of sp³-hybridized carbons (Fsp3) is 0. The molecule has 0 aliphatic carbocycles. The molecule has 49 heavy (non-hydrogen) atoms. The normalized spacial score (nSPS) is 11.7. The number of hydrogen-bond acceptors (Lipinski definition) is 4. The maximum atomic E-state index is 6.76. The van der Waals surface area contributed by atoms with Gasteiger partial charge in [0.1, 0.15) is 11.2 Å². The van der Waals surface area contributed by atoms with Crippen LogP contribution in [0.1, 0.15) is 0 Å². The number of hydrogen-bond donors (Lipinski definition) is 0. The van der Waals surface area contributed by atoms with Gasteiger partial charge in [0.2, 0.25) is 0 Å². The molecule has 0 aliphatic heterocycles. The average molecular weight is 626 g/mol. The third-order valence-corrected chi connectivity index (χ3v) is 9.48. The van der Waals surface area contributed by atoms with Crippen LogP contribution in [-0.2, 0) is 0 Å². The smallest absolute Gasteiger partial charge is 0.164 e. The first-order valence-electron chi connectivity index (χ1n) is 16.4. The van der Waals surface area contributed by atoms with Gasteiger partial charge in [0.15, 0.2) is 17.5 Å². The van der Waals surface area contributed by atoms with Crippen molar-refractivity contribution in [2.45, 2.75) is 0 Å². The highest BCUT2D eigenvalue weighted by atomic mass is 16.3. The topological polar surface area (TPSA) is 51.8 Å². The molecule has 0 saturated carbocycles. The van der Waals surface area contributed by atoms with Crippen LogP contribution in [0.2, 0.25) is 0 Å². The van der Waals surface area contributed by atoms with Crippen LogP contribution in [0.3, 0.4) is 0 Å². The Morgan fingerprint density at radius 3 is 1.78 bits per heavy atom. The lowest BCUT2D eigenvalue weighted by molar-refractivity contribution is 0.674. The molecular formula is C45H27N3O. The molecule has 10 rings (SSSR count). The van der Waals surface area contributed by atoms with Crippen molar-refractivity contribution >= 4 is 54.3 Å². The molecule has 0 bridgehead atoms. The second-order valence-corrected chi connectivity index (χ2v) is 12.4. The van der Waals surface area contributed by atoms with Gasteiger partial charge in [-0.3, -0.25) is 0 Å². The Morgan fingerprint density at radius 1 is 0.306 bits per heavy atom. The second-order valence-electron chi connectivity index (χ2n) is 12.4. The molecule has 2 heterocycles. The zero-order valence-corrected chi connectivity index (χ0v) is 26.3. The molecule has 228 valence electrons. The van der Waals surface area contributed by atoms with Gasteiger partial charge in [-0.05, 0) is 56.8 Å². The fourth-order valence-corrected chi connectivity index (χ4v) is 7.07. The lowest BCUT2D eigenvalue weighted by Gasteiger charge is -2.12. The Labute approximate surface area is 282 Å². The summed E-state index contributed by atoms with van der Waals surface area (Å²) in [4.78, 5) is 15.5. The fourth-order valence-electron chi connectivity index (χ4n) is 7.07. The molecule has 8 aromatic carbocycles. The summed E-state index contributed by atoms with van der Waals surface area (Å²) in [5.41, 5.74) is 6.59. The van der Waals surface area contributed by atoms with Crippen molar-refractivity contribution in [1.82, 2.24) is 15.0 Å². The summed E-state index contributed by atoms with van der Waals surface area (Å²) in [6, 6.07) is 56.9. The lowest BCUT2D eigenvalue weighted by Crippen LogP contribution is -2.01. The van der Waals surface area contributed by atoms with Crippen LogP contribution in [0, 0.1) is 0 Å². The zero-order chi connectivity index (χ0) is 32.3. The molecule has 10 aromatic rings. The van der Waals surface area contributed by atoms with Gasteiger partial charge in [-0.1, -0.05) is 140 Å². The second kappa shape index (κ2) is 11.0. The van der Waals surface area contributed by atoms with Crippen LogP contribution in [0.15, 0.2) is 168 Å². The van der Waals surface area contributed by atoms with Crippen LogP contribution in [-0.4, -0.2) is 15.0 Å². The van der Waals surface area contributed by atoms with E-state index in [0.29, 0.717) is 17.5 Å². The number of furan rings is 1. The largest absolute Gasteiger partial charge is 0.455 e. The maximum absolute atomic E-state index is 6.76. The highest BCUT2D eigenvalue weighted by Gasteiger charge is 2.20. The van der Waals surface area contributed by atoms with Crippen molar-refractivity contribution < 1.29 is 4.42 Å². The van der Waals surface area contributed by atoms with Crippen molar-refractivity contribution in [2.24, 2.45) is 0 Å². The molecule has 4 heteroatoms. The summed E-state index contributed by atoms with van der Waals surface area (Å²) >= 11 is 0. The maximum Gasteiger partial charge on any atom is 0.164 e. The van der Waals surface area contributed by atoms with Gasteiger partial charge in [0.05, 0.1) is 0 Å². The van der Waals surface area contributed by atoms with E-state index in [1.54, 1.807) is 0 Å². The average Bonchev–Trinajstić information content (AvgIpc) is 3.56. The monoisotopic (exact) mass is 625 g/mol. The summed E-state index contributed by atoms with van der Waals surface area (Å²) in [6.45, 7) is 0. The molecule has 0 fully saturated rings. The van der Waals surface area contributed by atoms with E-state index < -0.39 is 0 Å². The van der Waals surface area contributed by atoms with Gasteiger partial charge in [0.25, 0.3) is 0 Å². The molecule has 0 N–H and O–H groups in total. The minimum absolute atomic E-state index is 0.607. The Morgan fingerprint density at radius 2 is 0.939 bits per heavy atom. The molecular weight excluding hydrogens is 599 g/mol. The van der Waals surface area contributed by atoms with E-state index in [0.717, 1.165) is 76.7 Å². The minimum Gasteiger partial charge on any atom is -0.455 e. The molecule has 0 atom stereocenters. The summed E-state index contributed by atoms with van der Waals surface area (Å²) in [5, 5.41) is 8.87. The number of rotatable bonds is 4. The van der Waals surface area contributed by atoms with E-state index in [-0.39, 0.29) is 0 Å². The Kier molecular flexibility index (Phi) is 6.15. The summed E-state index contributed by atoms with van der Waals surface area (Å²) in [6.07, 6.45) is 0. The first-order chi connectivity index (χ1) is 24.3. The van der Waals surface area contributed by atoms with Crippen molar-refractivity contribution in [3.63, 3.8) is 0 Å². The first-order valence-corrected chi connectivity index (χ1v) is 16.4. The molecule has 0 saturated heterocycles. The first kappa shape index (κ1) is 27.5. The number of aromatic nitrogens is 3. The van der Waals surface area contributed by atoms with Gasteiger partial charge in [-0.15, -0.1) is 0 Å². The standard InChI is InChI=1S/C45H27N3O/c1-2-12-30(13-3-1)39-26-34(27-40-37-24-23-31-15-7-9-19-36(31)41(37)49-42(39)40)44-46-43(33-22-21-28-11-4-5-16-32(28)25-33)47-45(48-44)38-20-10-17-29-14-6-8-18-35(29)38/h1-27H. The van der Waals surface area contributed by atoms with Crippen LogP contribution < -0.4 is 0 Å². The van der Waals surface area contributed by atoms with E-state index in [2.05, 4.69) is 158 Å². The van der Waals surface area contributed by atoms with Gasteiger partial charge >= 0.3 is 0 Å². The SMILES string of the molecule is c1ccc(-c2cc(-c3nc(-c4ccc5ccccc5c4)nc(-c4cccc5ccccc45)n3)cc3c2oc2c4ccccc4ccc32)cc1. The van der Waals surface area contributed by atoms with Crippen LogP contribution >= 0.6 is 0 Å². The molecule has 2 aromatic heterocycles. The lowest BCUT2D eigenvalue weighted by atomic mass is 9.98. The van der Waals surface area contributed by atoms with Crippen molar-refractivity contribution in [3.05, 3.63) is 164 Å². The van der Waals surface area contributed by atoms with E-state index in [4.69, 9.17) is 19.4 Å². The van der Waals surface area contributed by atoms with Crippen LogP contribution in [0.4, 0.5) is 0 Å². The molecule has 0 amide bonds. The molecule has 0 unspecified atom stereocenters. The molecule has 4 nitrogen and oxygen atoms in total. The van der Waals surface area contributed by atoms with Gasteiger partial charge < -0.3 is 4.42 Å². The Hall–Kier alpha value is -6.65. The summed E-state index contributed by atoms with van der Waals surface area (Å²) < 4.78 is 6.76. The predicted molar refractivity (Wildman–Crippen MR) is 201 cm³/mol. The Balaban J connectivity index is 1.27. The third kappa shape index (κ3) is 4.57. The van der Waals surface area contributed by atoms with Crippen molar-refractivity contribution in [3.8, 4) is 45.3 Å². The van der Waals surface area contributed by atoms with E-state index >= 15 is 0 Å². The van der Waals surface area contributed by atoms with E-state index in [9.17, 15) is 0 Å². The third-order valence-electron chi connectivity index (χ3n) is 9.48. The number of fused-ring (bicyclic) bond motifs is 7. The van der Waals surface area contributed by atoms with Gasteiger partial charge in [-0.2, -0.15) is 0 Å². The zero-order valence-electron chi connectivity index (χ0n) is 26.3. The quantitative estimate of drug-likeness (QED) is 0.195. The van der Waals surface area contributed by atoms with E-state index in [1.165, 1.54) is 5.39 Å².